The van der Waals surface area contributed by atoms with Crippen molar-refractivity contribution in [3.63, 3.8) is 0 Å². The van der Waals surface area contributed by atoms with Crippen molar-refractivity contribution in [1.29, 1.82) is 0 Å². The van der Waals surface area contributed by atoms with E-state index in [9.17, 15) is 0 Å². The van der Waals surface area contributed by atoms with Gasteiger partial charge in [-0.25, -0.2) is 5.43 Å². The largest absolute Gasteiger partial charge is 0.493 e. The molecule has 0 saturated heterocycles. The Morgan fingerprint density at radius 2 is 1.95 bits per heavy atom. The summed E-state index contributed by atoms with van der Waals surface area (Å²) in [7, 11) is 0. The molecule has 3 heteroatoms. The summed E-state index contributed by atoms with van der Waals surface area (Å²) in [4.78, 5) is 0. The Morgan fingerprint density at radius 1 is 1.15 bits per heavy atom. The van der Waals surface area contributed by atoms with Crippen LogP contribution in [0.4, 0.5) is 0 Å². The summed E-state index contributed by atoms with van der Waals surface area (Å²) >= 11 is 0. The van der Waals surface area contributed by atoms with Crippen molar-refractivity contribution in [1.82, 2.24) is 5.43 Å². The zero-order valence-corrected chi connectivity index (χ0v) is 11.7. The Kier molecular flexibility index (Phi) is 3.72. The van der Waals surface area contributed by atoms with Crippen LogP contribution in [0.1, 0.15) is 34.7 Å². The lowest BCUT2D eigenvalue weighted by Gasteiger charge is -2.25. The first kappa shape index (κ1) is 13.2. The molecule has 1 aliphatic heterocycles. The number of aryl methyl sites for hydroxylation is 2. The fourth-order valence-electron chi connectivity index (χ4n) is 2.77. The van der Waals surface area contributed by atoms with E-state index in [0.29, 0.717) is 0 Å². The third-order valence-corrected chi connectivity index (χ3v) is 3.85. The van der Waals surface area contributed by atoms with Gasteiger partial charge in [-0.2, -0.15) is 0 Å². The molecule has 0 bridgehead atoms. The van der Waals surface area contributed by atoms with E-state index >= 15 is 0 Å². The molecule has 104 valence electrons. The molecule has 0 aromatic heterocycles. The molecule has 3 rings (SSSR count). The number of para-hydroxylation sites is 1. The van der Waals surface area contributed by atoms with Crippen molar-refractivity contribution in [2.75, 3.05) is 6.61 Å². The van der Waals surface area contributed by atoms with E-state index in [1.54, 1.807) is 0 Å². The summed E-state index contributed by atoms with van der Waals surface area (Å²) < 4.78 is 5.89. The lowest BCUT2D eigenvalue weighted by atomic mass is 9.93. The van der Waals surface area contributed by atoms with Gasteiger partial charge in [0.2, 0.25) is 0 Å². The van der Waals surface area contributed by atoms with Gasteiger partial charge in [-0.3, -0.25) is 5.84 Å². The smallest absolute Gasteiger partial charge is 0.127 e. The van der Waals surface area contributed by atoms with Crippen molar-refractivity contribution < 1.29 is 4.74 Å². The zero-order chi connectivity index (χ0) is 13.9. The maximum Gasteiger partial charge on any atom is 0.127 e. The molecule has 0 spiro atoms. The zero-order valence-electron chi connectivity index (χ0n) is 11.7. The molecule has 20 heavy (non-hydrogen) atoms. The van der Waals surface area contributed by atoms with Crippen LogP contribution in [-0.2, 0) is 6.42 Å². The summed E-state index contributed by atoms with van der Waals surface area (Å²) in [6.07, 6.45) is 2.16. The highest BCUT2D eigenvalue weighted by Crippen LogP contribution is 2.35. The van der Waals surface area contributed by atoms with Crippen LogP contribution in [0.25, 0.3) is 0 Å². The van der Waals surface area contributed by atoms with Crippen LogP contribution in [0.3, 0.4) is 0 Å². The van der Waals surface area contributed by atoms with Crippen LogP contribution in [0, 0.1) is 6.92 Å². The minimum atomic E-state index is -0.0383. The molecule has 0 aliphatic carbocycles. The second-order valence-electron chi connectivity index (χ2n) is 5.30. The average molecular weight is 268 g/mol. The molecule has 2 aromatic rings. The van der Waals surface area contributed by atoms with E-state index in [4.69, 9.17) is 10.6 Å². The first-order valence-electron chi connectivity index (χ1n) is 7.07. The molecule has 3 nitrogen and oxygen atoms in total. The summed E-state index contributed by atoms with van der Waals surface area (Å²) in [6, 6.07) is 14.7. The number of hydrazine groups is 1. The van der Waals surface area contributed by atoms with Crippen LogP contribution >= 0.6 is 0 Å². The quantitative estimate of drug-likeness (QED) is 0.664. The maximum absolute atomic E-state index is 5.89. The molecule has 3 N–H and O–H groups in total. The van der Waals surface area contributed by atoms with Gasteiger partial charge in [-0.1, -0.05) is 48.0 Å². The second-order valence-corrected chi connectivity index (χ2v) is 5.30. The minimum absolute atomic E-state index is 0.0383. The first-order chi connectivity index (χ1) is 9.79. The molecule has 1 atom stereocenters. The predicted molar refractivity (Wildman–Crippen MR) is 80.6 cm³/mol. The molecule has 0 radical (unpaired) electrons. The van der Waals surface area contributed by atoms with Gasteiger partial charge in [-0.15, -0.1) is 0 Å². The van der Waals surface area contributed by atoms with E-state index in [0.717, 1.165) is 36.3 Å². The second kappa shape index (κ2) is 5.65. The van der Waals surface area contributed by atoms with Gasteiger partial charge in [0.15, 0.2) is 0 Å². The standard InChI is InChI=1S/C17H20N2O/c1-12-7-9-13(10-8-12)16(19-18)15-6-2-4-14-5-3-11-20-17(14)15/h2,4,6-10,16,19H,3,5,11,18H2,1H3. The summed E-state index contributed by atoms with van der Waals surface area (Å²) in [5.74, 6) is 6.80. The molecule has 0 fully saturated rings. The monoisotopic (exact) mass is 268 g/mol. The Morgan fingerprint density at radius 3 is 2.70 bits per heavy atom. The predicted octanol–water partition coefficient (Wildman–Crippen LogP) is 2.87. The molecule has 0 saturated carbocycles. The van der Waals surface area contributed by atoms with Gasteiger partial charge in [0.1, 0.15) is 5.75 Å². The van der Waals surface area contributed by atoms with Crippen molar-refractivity contribution in [2.45, 2.75) is 25.8 Å². The average Bonchev–Trinajstić information content (AvgIpc) is 2.50. The summed E-state index contributed by atoms with van der Waals surface area (Å²) in [6.45, 7) is 2.87. The topological polar surface area (TPSA) is 47.3 Å². The van der Waals surface area contributed by atoms with Crippen LogP contribution < -0.4 is 16.0 Å². The van der Waals surface area contributed by atoms with Crippen molar-refractivity contribution >= 4 is 0 Å². The van der Waals surface area contributed by atoms with Gasteiger partial charge < -0.3 is 4.74 Å². The van der Waals surface area contributed by atoms with E-state index in [1.165, 1.54) is 11.1 Å². The van der Waals surface area contributed by atoms with Gasteiger partial charge >= 0.3 is 0 Å². The van der Waals surface area contributed by atoms with E-state index in [1.807, 2.05) is 0 Å². The van der Waals surface area contributed by atoms with Crippen LogP contribution in [-0.4, -0.2) is 6.61 Å². The molecule has 0 amide bonds. The van der Waals surface area contributed by atoms with Crippen molar-refractivity contribution in [3.8, 4) is 5.75 Å². The van der Waals surface area contributed by atoms with Crippen LogP contribution in [0.2, 0.25) is 0 Å². The lowest BCUT2D eigenvalue weighted by Crippen LogP contribution is -2.29. The van der Waals surface area contributed by atoms with E-state index < -0.39 is 0 Å². The third-order valence-electron chi connectivity index (χ3n) is 3.85. The SMILES string of the molecule is Cc1ccc(C(NN)c2cccc3c2OCCC3)cc1. The van der Waals surface area contributed by atoms with E-state index in [2.05, 4.69) is 54.8 Å². The number of benzene rings is 2. The molecular formula is C17H20N2O. The highest BCUT2D eigenvalue weighted by molar-refractivity contribution is 5.47. The first-order valence-corrected chi connectivity index (χ1v) is 7.07. The highest BCUT2D eigenvalue weighted by atomic mass is 16.5. The molecule has 1 heterocycles. The van der Waals surface area contributed by atoms with Crippen LogP contribution in [0.15, 0.2) is 42.5 Å². The Hall–Kier alpha value is -1.84. The molecule has 2 aromatic carbocycles. The number of rotatable bonds is 3. The highest BCUT2D eigenvalue weighted by Gasteiger charge is 2.21. The van der Waals surface area contributed by atoms with Crippen LogP contribution in [0.5, 0.6) is 5.75 Å². The number of hydrogen-bond acceptors (Lipinski definition) is 3. The molecule has 1 unspecified atom stereocenters. The lowest BCUT2D eigenvalue weighted by molar-refractivity contribution is 0.283. The maximum atomic E-state index is 5.89. The Bertz CT molecular complexity index is 592. The number of nitrogens with two attached hydrogens (primary N) is 1. The van der Waals surface area contributed by atoms with Crippen molar-refractivity contribution in [2.24, 2.45) is 5.84 Å². The summed E-state index contributed by atoms with van der Waals surface area (Å²) in [5.41, 5.74) is 7.72. The number of ether oxygens (including phenoxy) is 1. The van der Waals surface area contributed by atoms with Gasteiger partial charge in [0.05, 0.1) is 12.6 Å². The van der Waals surface area contributed by atoms with E-state index in [-0.39, 0.29) is 6.04 Å². The van der Waals surface area contributed by atoms with Gasteiger partial charge in [0, 0.05) is 5.56 Å². The summed E-state index contributed by atoms with van der Waals surface area (Å²) in [5, 5.41) is 0. The number of fused-ring (bicyclic) bond motifs is 1. The van der Waals surface area contributed by atoms with Gasteiger partial charge in [0.25, 0.3) is 0 Å². The Labute approximate surface area is 119 Å². The normalized spacial score (nSPS) is 15.3. The third kappa shape index (κ3) is 2.42. The van der Waals surface area contributed by atoms with Gasteiger partial charge in [-0.05, 0) is 30.9 Å². The van der Waals surface area contributed by atoms with Crippen molar-refractivity contribution in [3.05, 3.63) is 64.7 Å². The number of nitrogens with one attached hydrogen (secondary N) is 1. The Balaban J connectivity index is 2.03. The molecule has 1 aliphatic rings. The fourth-order valence-corrected chi connectivity index (χ4v) is 2.77. The minimum Gasteiger partial charge on any atom is -0.493 e. The number of hydrogen-bond donors (Lipinski definition) is 2. The molecular weight excluding hydrogens is 248 g/mol. The fraction of sp³-hybridized carbons (Fsp3) is 0.294.